The lowest BCUT2D eigenvalue weighted by Crippen LogP contribution is -2.67. The van der Waals surface area contributed by atoms with Crippen LogP contribution in [-0.2, 0) is 15.3 Å². The molecule has 1 saturated heterocycles. The number of hydrazone groups is 1. The highest BCUT2D eigenvalue weighted by Gasteiger charge is 2.52. The quantitative estimate of drug-likeness (QED) is 0.615. The van der Waals surface area contributed by atoms with Crippen LogP contribution in [0.1, 0.15) is 50.7 Å². The third kappa shape index (κ3) is 4.86. The van der Waals surface area contributed by atoms with Gasteiger partial charge in [-0.2, -0.15) is 5.10 Å². The van der Waals surface area contributed by atoms with E-state index in [0.717, 1.165) is 23.8 Å². The summed E-state index contributed by atoms with van der Waals surface area (Å²) in [5.41, 5.74) is 5.72. The van der Waals surface area contributed by atoms with Gasteiger partial charge in [-0.1, -0.05) is 36.0 Å². The summed E-state index contributed by atoms with van der Waals surface area (Å²) in [7, 11) is 0. The lowest BCUT2D eigenvalue weighted by molar-refractivity contribution is -0.155. The van der Waals surface area contributed by atoms with Crippen LogP contribution >= 0.6 is 23.4 Å². The number of fused-ring (bicyclic) bond motifs is 3. The zero-order valence-electron chi connectivity index (χ0n) is 18.9. The maximum absolute atomic E-state index is 13.4. The van der Waals surface area contributed by atoms with Gasteiger partial charge in [0.25, 0.3) is 0 Å². The number of alkyl halides is 1. The third-order valence-electron chi connectivity index (χ3n) is 6.41. The zero-order chi connectivity index (χ0) is 22.8. The summed E-state index contributed by atoms with van der Waals surface area (Å²) in [6.45, 7) is 6.34. The van der Waals surface area contributed by atoms with Crippen LogP contribution in [0.25, 0.3) is 0 Å². The molecule has 2 aliphatic heterocycles. The molecule has 7 nitrogen and oxygen atoms in total. The summed E-state index contributed by atoms with van der Waals surface area (Å²) in [6, 6.07) is 8.53. The highest BCUT2D eigenvalue weighted by Crippen LogP contribution is 2.40. The van der Waals surface area contributed by atoms with Crippen LogP contribution < -0.4 is 10.7 Å². The monoisotopic (exact) mass is 477 g/mol. The molecule has 2 N–H and O–H groups in total. The van der Waals surface area contributed by atoms with E-state index in [0.29, 0.717) is 13.0 Å². The average molecular weight is 478 g/mol. The number of aryl methyl sites for hydroxylation is 1. The molecule has 1 aromatic rings. The van der Waals surface area contributed by atoms with Gasteiger partial charge in [-0.25, -0.2) is 0 Å². The number of rotatable bonds is 6. The van der Waals surface area contributed by atoms with E-state index in [2.05, 4.69) is 45.9 Å². The fourth-order valence-corrected chi connectivity index (χ4v) is 6.21. The fraction of sp³-hybridized carbons (Fsp3) is 0.609. The molecule has 1 aromatic carbocycles. The molecule has 1 saturated carbocycles. The second-order valence-electron chi connectivity index (χ2n) is 9.11. The molecule has 0 bridgehead atoms. The highest BCUT2D eigenvalue weighted by atomic mass is 35.5. The number of nitrogens with one attached hydrogen (secondary N) is 2. The third-order valence-corrected chi connectivity index (χ3v) is 7.82. The Morgan fingerprint density at radius 1 is 1.34 bits per heavy atom. The molecule has 9 heteroatoms. The molecule has 2 fully saturated rings. The topological polar surface area (TPSA) is 77.0 Å². The summed E-state index contributed by atoms with van der Waals surface area (Å²) in [5, 5.41) is 8.45. The number of thioether (sulfide) groups is 1. The molecule has 1 aliphatic carbocycles. The lowest BCUT2D eigenvalue weighted by atomic mass is 9.81. The van der Waals surface area contributed by atoms with Crippen LogP contribution in [0.4, 0.5) is 0 Å². The van der Waals surface area contributed by atoms with Gasteiger partial charge >= 0.3 is 0 Å². The number of nitrogens with zero attached hydrogens (tertiary/aromatic N) is 3. The second-order valence-corrected chi connectivity index (χ2v) is 10.7. The van der Waals surface area contributed by atoms with Crippen LogP contribution in [0, 0.1) is 12.8 Å². The molecule has 4 unspecified atom stereocenters. The van der Waals surface area contributed by atoms with Crippen LogP contribution in [0.15, 0.2) is 29.4 Å². The first-order valence-corrected chi connectivity index (χ1v) is 12.8. The van der Waals surface area contributed by atoms with Gasteiger partial charge in [-0.3, -0.25) is 15.0 Å². The Hall–Kier alpha value is -1.93. The standard InChI is InChI=1S/C23H32ClN5O2S/c1-14(2)25-20(30)10-11-28-21(31)18-12-17(24)8-9-19(18)29-22(28)26-27-23(29)32-13-16-7-5-4-6-15(16)3/h4-7,14,17-19,22,26H,8-13H2,1-3H3,(H,25,30). The number of carbonyl (C=O) groups excluding carboxylic acids is 2. The summed E-state index contributed by atoms with van der Waals surface area (Å²) < 4.78 is 0. The first kappa shape index (κ1) is 23.2. The Morgan fingerprint density at radius 3 is 2.88 bits per heavy atom. The van der Waals surface area contributed by atoms with Gasteiger partial charge in [0.15, 0.2) is 11.5 Å². The molecular weight excluding hydrogens is 446 g/mol. The summed E-state index contributed by atoms with van der Waals surface area (Å²) in [4.78, 5) is 29.7. The highest BCUT2D eigenvalue weighted by molar-refractivity contribution is 8.13. The van der Waals surface area contributed by atoms with E-state index < -0.39 is 0 Å². The molecule has 4 atom stereocenters. The van der Waals surface area contributed by atoms with E-state index in [-0.39, 0.29) is 47.9 Å². The van der Waals surface area contributed by atoms with E-state index >= 15 is 0 Å². The van der Waals surface area contributed by atoms with Crippen LogP contribution in [0.5, 0.6) is 0 Å². The largest absolute Gasteiger partial charge is 0.354 e. The van der Waals surface area contributed by atoms with Crippen molar-refractivity contribution in [3.8, 4) is 0 Å². The van der Waals surface area contributed by atoms with Gasteiger partial charge in [-0.05, 0) is 51.2 Å². The van der Waals surface area contributed by atoms with Crippen molar-refractivity contribution >= 4 is 40.3 Å². The predicted molar refractivity (Wildman–Crippen MR) is 129 cm³/mol. The Bertz CT molecular complexity index is 895. The van der Waals surface area contributed by atoms with E-state index in [1.54, 1.807) is 16.7 Å². The Labute approximate surface area is 199 Å². The van der Waals surface area contributed by atoms with E-state index in [4.69, 9.17) is 11.6 Å². The number of amidine groups is 1. The van der Waals surface area contributed by atoms with Gasteiger partial charge in [0.05, 0.1) is 5.92 Å². The Morgan fingerprint density at radius 2 is 2.12 bits per heavy atom. The van der Waals surface area contributed by atoms with E-state index in [1.165, 1.54) is 11.1 Å². The summed E-state index contributed by atoms with van der Waals surface area (Å²) >= 11 is 8.16. The van der Waals surface area contributed by atoms with Crippen LogP contribution in [0.2, 0.25) is 0 Å². The normalized spacial score (nSPS) is 27.0. The maximum Gasteiger partial charge on any atom is 0.230 e. The molecule has 3 aliphatic rings. The van der Waals surface area contributed by atoms with Crippen molar-refractivity contribution < 1.29 is 9.59 Å². The van der Waals surface area contributed by atoms with Gasteiger partial charge in [-0.15, -0.1) is 11.6 Å². The predicted octanol–water partition coefficient (Wildman–Crippen LogP) is 3.22. The van der Waals surface area contributed by atoms with Crippen molar-refractivity contribution in [2.75, 3.05) is 6.54 Å². The molecular formula is C23H32ClN5O2S. The first-order valence-electron chi connectivity index (χ1n) is 11.4. The lowest BCUT2D eigenvalue weighted by Gasteiger charge is -2.51. The Balaban J connectivity index is 1.51. The summed E-state index contributed by atoms with van der Waals surface area (Å²) in [5.74, 6) is 0.677. The van der Waals surface area contributed by atoms with Crippen molar-refractivity contribution in [1.82, 2.24) is 20.5 Å². The van der Waals surface area contributed by atoms with Gasteiger partial charge in [0, 0.05) is 36.2 Å². The molecule has 0 spiro atoms. The molecule has 2 heterocycles. The molecule has 4 rings (SSSR count). The van der Waals surface area contributed by atoms with E-state index in [9.17, 15) is 9.59 Å². The second kappa shape index (κ2) is 9.91. The Kier molecular flexibility index (Phi) is 7.20. The smallest absolute Gasteiger partial charge is 0.230 e. The van der Waals surface area contributed by atoms with Crippen molar-refractivity contribution in [3.63, 3.8) is 0 Å². The van der Waals surface area contributed by atoms with Gasteiger partial charge < -0.3 is 15.1 Å². The van der Waals surface area contributed by atoms with Crippen molar-refractivity contribution in [1.29, 1.82) is 0 Å². The van der Waals surface area contributed by atoms with Crippen LogP contribution in [-0.4, -0.2) is 57.1 Å². The number of halogens is 1. The minimum Gasteiger partial charge on any atom is -0.354 e. The fourth-order valence-electron chi connectivity index (χ4n) is 4.79. The number of hydrogen-bond acceptors (Lipinski definition) is 6. The zero-order valence-corrected chi connectivity index (χ0v) is 20.5. The molecule has 2 amide bonds. The number of hydrogen-bond donors (Lipinski definition) is 2. The SMILES string of the molecule is Cc1ccccc1CSC1=NNC2N(CCC(=O)NC(C)C)C(=O)C3CC(Cl)CCC3N12. The molecule has 174 valence electrons. The minimum absolute atomic E-state index is 0.0124. The number of benzene rings is 1. The van der Waals surface area contributed by atoms with Gasteiger partial charge in [0.1, 0.15) is 0 Å². The number of amides is 2. The van der Waals surface area contributed by atoms with Crippen molar-refractivity contribution in [2.24, 2.45) is 11.0 Å². The van der Waals surface area contributed by atoms with Gasteiger partial charge in [0.2, 0.25) is 11.8 Å². The van der Waals surface area contributed by atoms with Crippen LogP contribution in [0.3, 0.4) is 0 Å². The van der Waals surface area contributed by atoms with Crippen molar-refractivity contribution in [3.05, 3.63) is 35.4 Å². The first-order chi connectivity index (χ1) is 15.3. The summed E-state index contributed by atoms with van der Waals surface area (Å²) in [6.07, 6.45) is 2.35. The molecule has 32 heavy (non-hydrogen) atoms. The maximum atomic E-state index is 13.4. The van der Waals surface area contributed by atoms with E-state index in [1.807, 2.05) is 19.9 Å². The minimum atomic E-state index is -0.346. The van der Waals surface area contributed by atoms with Crippen molar-refractivity contribution in [2.45, 2.75) is 76.0 Å². The average Bonchev–Trinajstić information content (AvgIpc) is 3.16. The molecule has 0 aromatic heterocycles. The number of carbonyl (C=O) groups is 2. The molecule has 0 radical (unpaired) electrons.